The van der Waals surface area contributed by atoms with E-state index in [1.165, 1.54) is 6.42 Å². The molecule has 0 aliphatic carbocycles. The molecule has 5 heteroatoms. The molecule has 0 radical (unpaired) electrons. The Morgan fingerprint density at radius 3 is 2.26 bits per heavy atom. The first-order chi connectivity index (χ1) is 8.83. The Balaban J connectivity index is 2.52. The number of nitrogens with one attached hydrogen (secondary N) is 1. The molecular weight excluding hydrogens is 244 g/mol. The van der Waals surface area contributed by atoms with Crippen LogP contribution in [0, 0.1) is 0 Å². The first-order valence-electron chi connectivity index (χ1n) is 7.12. The van der Waals surface area contributed by atoms with Crippen molar-refractivity contribution in [1.82, 2.24) is 10.2 Å². The van der Waals surface area contributed by atoms with Crippen LogP contribution in [0.1, 0.15) is 53.4 Å². The molecule has 1 aliphatic rings. The SMILES string of the molecule is CCC(NC(=O)OC(C)(C)C)C(=O)N1CCCCC1. The molecule has 0 bridgehead atoms. The minimum Gasteiger partial charge on any atom is -0.444 e. The van der Waals surface area contributed by atoms with E-state index in [1.54, 1.807) is 20.8 Å². The Bertz CT molecular complexity index is 317. The zero-order valence-electron chi connectivity index (χ0n) is 12.5. The molecule has 1 atom stereocenters. The highest BCUT2D eigenvalue weighted by atomic mass is 16.6. The highest BCUT2D eigenvalue weighted by Gasteiger charge is 2.27. The number of amides is 2. The monoisotopic (exact) mass is 270 g/mol. The zero-order valence-corrected chi connectivity index (χ0v) is 12.5. The van der Waals surface area contributed by atoms with Crippen LogP contribution in [0.2, 0.25) is 0 Å². The van der Waals surface area contributed by atoms with Crippen LogP contribution in [0.5, 0.6) is 0 Å². The molecule has 0 aromatic rings. The van der Waals surface area contributed by atoms with E-state index in [1.807, 2.05) is 11.8 Å². The number of hydrogen-bond donors (Lipinski definition) is 1. The number of carbonyl (C=O) groups is 2. The maximum Gasteiger partial charge on any atom is 0.408 e. The van der Waals surface area contributed by atoms with Crippen LogP contribution in [0.3, 0.4) is 0 Å². The van der Waals surface area contributed by atoms with Gasteiger partial charge in [0.05, 0.1) is 0 Å². The molecule has 1 unspecified atom stereocenters. The van der Waals surface area contributed by atoms with Crippen molar-refractivity contribution in [2.45, 2.75) is 65.0 Å². The second-order valence-electron chi connectivity index (χ2n) is 5.99. The van der Waals surface area contributed by atoms with Gasteiger partial charge in [0.25, 0.3) is 0 Å². The van der Waals surface area contributed by atoms with Crippen molar-refractivity contribution < 1.29 is 14.3 Å². The molecule has 0 aromatic carbocycles. The summed E-state index contributed by atoms with van der Waals surface area (Å²) in [5, 5.41) is 2.67. The van der Waals surface area contributed by atoms with Crippen LogP contribution in [0.25, 0.3) is 0 Å². The second kappa shape index (κ2) is 6.78. The third-order valence-electron chi connectivity index (χ3n) is 3.07. The summed E-state index contributed by atoms with van der Waals surface area (Å²) < 4.78 is 5.19. The molecular formula is C14H26N2O3. The number of nitrogens with zero attached hydrogens (tertiary/aromatic N) is 1. The van der Waals surface area contributed by atoms with Crippen LogP contribution in [0.15, 0.2) is 0 Å². The van der Waals surface area contributed by atoms with E-state index in [9.17, 15) is 9.59 Å². The highest BCUT2D eigenvalue weighted by Crippen LogP contribution is 2.12. The summed E-state index contributed by atoms with van der Waals surface area (Å²) in [6, 6.07) is -0.479. The maximum absolute atomic E-state index is 12.3. The Hall–Kier alpha value is -1.26. The first kappa shape index (κ1) is 15.8. The molecule has 1 N–H and O–H groups in total. The number of carbonyl (C=O) groups excluding carboxylic acids is 2. The van der Waals surface area contributed by atoms with Gasteiger partial charge in [0.1, 0.15) is 11.6 Å². The van der Waals surface area contributed by atoms with E-state index >= 15 is 0 Å². The van der Waals surface area contributed by atoms with Crippen molar-refractivity contribution in [2.24, 2.45) is 0 Å². The van der Waals surface area contributed by atoms with Crippen LogP contribution < -0.4 is 5.32 Å². The largest absolute Gasteiger partial charge is 0.444 e. The Labute approximate surface area is 115 Å². The molecule has 1 rings (SSSR count). The lowest BCUT2D eigenvalue weighted by Gasteiger charge is -2.30. The van der Waals surface area contributed by atoms with Gasteiger partial charge in [-0.05, 0) is 46.5 Å². The van der Waals surface area contributed by atoms with Crippen LogP contribution in [-0.2, 0) is 9.53 Å². The fraction of sp³-hybridized carbons (Fsp3) is 0.857. The number of ether oxygens (including phenoxy) is 1. The third kappa shape index (κ3) is 5.49. The number of rotatable bonds is 3. The topological polar surface area (TPSA) is 58.6 Å². The fourth-order valence-corrected chi connectivity index (χ4v) is 2.12. The Morgan fingerprint density at radius 1 is 1.21 bits per heavy atom. The van der Waals surface area contributed by atoms with E-state index in [-0.39, 0.29) is 5.91 Å². The van der Waals surface area contributed by atoms with Gasteiger partial charge in [-0.2, -0.15) is 0 Å². The Kier molecular flexibility index (Phi) is 5.63. The van der Waals surface area contributed by atoms with Crippen LogP contribution in [-0.4, -0.2) is 41.6 Å². The van der Waals surface area contributed by atoms with Crippen molar-refractivity contribution in [3.63, 3.8) is 0 Å². The van der Waals surface area contributed by atoms with Gasteiger partial charge >= 0.3 is 6.09 Å². The predicted octanol–water partition coefficient (Wildman–Crippen LogP) is 2.30. The standard InChI is InChI=1S/C14H26N2O3/c1-5-11(15-13(18)19-14(2,3)4)12(17)16-9-7-6-8-10-16/h11H,5-10H2,1-4H3,(H,15,18). The number of likely N-dealkylation sites (tertiary alicyclic amines) is 1. The summed E-state index contributed by atoms with van der Waals surface area (Å²) in [6.07, 6.45) is 3.34. The average molecular weight is 270 g/mol. The molecule has 19 heavy (non-hydrogen) atoms. The molecule has 1 heterocycles. The van der Waals surface area contributed by atoms with E-state index < -0.39 is 17.7 Å². The zero-order chi connectivity index (χ0) is 14.5. The fourth-order valence-electron chi connectivity index (χ4n) is 2.12. The van der Waals surface area contributed by atoms with E-state index in [4.69, 9.17) is 4.74 Å². The molecule has 1 saturated heterocycles. The molecule has 0 saturated carbocycles. The quantitative estimate of drug-likeness (QED) is 0.856. The van der Waals surface area contributed by atoms with Gasteiger partial charge in [-0.3, -0.25) is 4.79 Å². The number of alkyl carbamates (subject to hydrolysis) is 1. The van der Waals surface area contributed by atoms with Crippen molar-refractivity contribution >= 4 is 12.0 Å². The summed E-state index contributed by atoms with van der Waals surface area (Å²) in [4.78, 5) is 25.8. The van der Waals surface area contributed by atoms with Gasteiger partial charge in [0.2, 0.25) is 5.91 Å². The maximum atomic E-state index is 12.3. The van der Waals surface area contributed by atoms with Gasteiger partial charge in [-0.25, -0.2) is 4.79 Å². The van der Waals surface area contributed by atoms with E-state index in [0.29, 0.717) is 6.42 Å². The smallest absolute Gasteiger partial charge is 0.408 e. The summed E-state index contributed by atoms with van der Waals surface area (Å²) >= 11 is 0. The number of hydrogen-bond acceptors (Lipinski definition) is 3. The first-order valence-corrected chi connectivity index (χ1v) is 7.12. The number of piperidine rings is 1. The summed E-state index contributed by atoms with van der Waals surface area (Å²) in [7, 11) is 0. The lowest BCUT2D eigenvalue weighted by molar-refractivity contribution is -0.134. The minimum atomic E-state index is -0.545. The normalized spacial score (nSPS) is 17.8. The third-order valence-corrected chi connectivity index (χ3v) is 3.07. The van der Waals surface area contributed by atoms with E-state index in [2.05, 4.69) is 5.32 Å². The second-order valence-corrected chi connectivity index (χ2v) is 5.99. The highest BCUT2D eigenvalue weighted by molar-refractivity contribution is 5.85. The van der Waals surface area contributed by atoms with Crippen molar-refractivity contribution in [2.75, 3.05) is 13.1 Å². The summed E-state index contributed by atoms with van der Waals surface area (Å²) in [6.45, 7) is 8.90. The average Bonchev–Trinajstić information content (AvgIpc) is 2.34. The lowest BCUT2D eigenvalue weighted by Crippen LogP contribution is -2.50. The van der Waals surface area contributed by atoms with Crippen molar-refractivity contribution in [1.29, 1.82) is 0 Å². The summed E-state index contributed by atoms with van der Waals surface area (Å²) in [5.74, 6) is 0.00746. The summed E-state index contributed by atoms with van der Waals surface area (Å²) in [5.41, 5.74) is -0.545. The van der Waals surface area contributed by atoms with Crippen LogP contribution in [0.4, 0.5) is 4.79 Å². The van der Waals surface area contributed by atoms with Gasteiger partial charge in [0.15, 0.2) is 0 Å². The molecule has 110 valence electrons. The van der Waals surface area contributed by atoms with Crippen molar-refractivity contribution in [3.05, 3.63) is 0 Å². The lowest BCUT2D eigenvalue weighted by atomic mass is 10.1. The predicted molar refractivity (Wildman–Crippen MR) is 73.9 cm³/mol. The van der Waals surface area contributed by atoms with E-state index in [0.717, 1.165) is 25.9 Å². The molecule has 0 aromatic heterocycles. The van der Waals surface area contributed by atoms with Gasteiger partial charge in [-0.1, -0.05) is 6.92 Å². The molecule has 1 aliphatic heterocycles. The van der Waals surface area contributed by atoms with Gasteiger partial charge < -0.3 is 15.0 Å². The van der Waals surface area contributed by atoms with Crippen LogP contribution >= 0.6 is 0 Å². The molecule has 5 nitrogen and oxygen atoms in total. The molecule has 2 amide bonds. The molecule has 0 spiro atoms. The van der Waals surface area contributed by atoms with Crippen molar-refractivity contribution in [3.8, 4) is 0 Å². The minimum absolute atomic E-state index is 0.00746. The Morgan fingerprint density at radius 2 is 1.79 bits per heavy atom. The molecule has 1 fully saturated rings. The van der Waals surface area contributed by atoms with Gasteiger partial charge in [0, 0.05) is 13.1 Å². The van der Waals surface area contributed by atoms with Gasteiger partial charge in [-0.15, -0.1) is 0 Å².